The second kappa shape index (κ2) is 14.2. The van der Waals surface area contributed by atoms with Crippen LogP contribution in [0.15, 0.2) is 0 Å². The number of ether oxygens (including phenoxy) is 5. The lowest BCUT2D eigenvalue weighted by atomic mass is 9.96. The van der Waals surface area contributed by atoms with E-state index in [1.807, 2.05) is 0 Å². The Kier molecular flexibility index (Phi) is 12.4. The largest absolute Gasteiger partial charge is 0.463 e. The molecule has 0 aromatic rings. The predicted molar refractivity (Wildman–Crippen MR) is 109 cm³/mol. The standard InChI is InChI=1S/C20H32ClNO9/c1-12(23)22-17-19(30-15(4)26)18(29-14(3)25)16(11-28-13(2)24)31-20(17)27-10-8-6-5-7-9-21/h16-20H,5-11H2,1-4H3,(H,22,23)/t16-,17+,18+,19-,20-/m0/s1. The zero-order valence-corrected chi connectivity index (χ0v) is 19.1. The van der Waals surface area contributed by atoms with Gasteiger partial charge in [0.15, 0.2) is 18.5 Å². The van der Waals surface area contributed by atoms with Crippen LogP contribution in [0.2, 0.25) is 0 Å². The molecule has 5 atom stereocenters. The van der Waals surface area contributed by atoms with Gasteiger partial charge in [-0.3, -0.25) is 19.2 Å². The van der Waals surface area contributed by atoms with E-state index in [0.717, 1.165) is 25.7 Å². The summed E-state index contributed by atoms with van der Waals surface area (Å²) in [6.07, 6.45) is -0.750. The Labute approximate surface area is 187 Å². The quantitative estimate of drug-likeness (QED) is 0.197. The fourth-order valence-corrected chi connectivity index (χ4v) is 3.37. The molecule has 0 aromatic carbocycles. The molecule has 0 spiro atoms. The Hall–Kier alpha value is -1.91. The molecule has 11 heteroatoms. The fourth-order valence-electron chi connectivity index (χ4n) is 3.18. The first-order valence-electron chi connectivity index (χ1n) is 10.2. The average molecular weight is 466 g/mol. The highest BCUT2D eigenvalue weighted by Gasteiger charge is 2.51. The molecular formula is C20H32ClNO9. The van der Waals surface area contributed by atoms with Crippen molar-refractivity contribution < 1.29 is 42.9 Å². The molecule has 1 N–H and O–H groups in total. The minimum absolute atomic E-state index is 0.257. The monoisotopic (exact) mass is 465 g/mol. The van der Waals surface area contributed by atoms with Crippen LogP contribution in [0.5, 0.6) is 0 Å². The van der Waals surface area contributed by atoms with Crippen molar-refractivity contribution in [2.75, 3.05) is 19.1 Å². The van der Waals surface area contributed by atoms with Gasteiger partial charge in [0.05, 0.1) is 0 Å². The molecule has 0 unspecified atom stereocenters. The van der Waals surface area contributed by atoms with E-state index in [-0.39, 0.29) is 6.61 Å². The topological polar surface area (TPSA) is 126 Å². The highest BCUT2D eigenvalue weighted by molar-refractivity contribution is 6.17. The molecule has 31 heavy (non-hydrogen) atoms. The summed E-state index contributed by atoms with van der Waals surface area (Å²) in [5, 5.41) is 2.65. The average Bonchev–Trinajstić information content (AvgIpc) is 2.66. The third-order valence-electron chi connectivity index (χ3n) is 4.38. The SMILES string of the molecule is CC(=O)N[C@H]1[C@@H](OCCCCCCCl)O[C@@H](COC(C)=O)[C@@H](OC(C)=O)[C@H]1OC(C)=O. The lowest BCUT2D eigenvalue weighted by Crippen LogP contribution is -2.66. The van der Waals surface area contributed by atoms with Crippen molar-refractivity contribution in [1.29, 1.82) is 0 Å². The van der Waals surface area contributed by atoms with Crippen LogP contribution in [0, 0.1) is 0 Å². The maximum absolute atomic E-state index is 11.8. The van der Waals surface area contributed by atoms with Crippen molar-refractivity contribution in [2.24, 2.45) is 0 Å². The van der Waals surface area contributed by atoms with Crippen LogP contribution in [0.4, 0.5) is 0 Å². The molecule has 1 heterocycles. The van der Waals surface area contributed by atoms with Gasteiger partial charge in [0.1, 0.15) is 18.8 Å². The van der Waals surface area contributed by atoms with Crippen LogP contribution in [0.25, 0.3) is 0 Å². The van der Waals surface area contributed by atoms with Crippen molar-refractivity contribution in [3.05, 3.63) is 0 Å². The van der Waals surface area contributed by atoms with Crippen LogP contribution < -0.4 is 5.32 Å². The molecule has 1 aliphatic heterocycles. The second-order valence-corrected chi connectivity index (χ2v) is 7.57. The molecule has 1 fully saturated rings. The van der Waals surface area contributed by atoms with Crippen molar-refractivity contribution in [3.63, 3.8) is 0 Å². The van der Waals surface area contributed by atoms with E-state index >= 15 is 0 Å². The molecule has 0 radical (unpaired) electrons. The van der Waals surface area contributed by atoms with E-state index in [1.165, 1.54) is 27.7 Å². The molecule has 0 bridgehead atoms. The van der Waals surface area contributed by atoms with Gasteiger partial charge in [0, 0.05) is 40.2 Å². The molecule has 1 amide bonds. The maximum Gasteiger partial charge on any atom is 0.303 e. The van der Waals surface area contributed by atoms with Gasteiger partial charge in [-0.1, -0.05) is 12.8 Å². The van der Waals surface area contributed by atoms with Gasteiger partial charge in [-0.2, -0.15) is 0 Å². The Bertz CT molecular complexity index is 615. The summed E-state index contributed by atoms with van der Waals surface area (Å²) in [7, 11) is 0. The first-order valence-corrected chi connectivity index (χ1v) is 10.8. The van der Waals surface area contributed by atoms with Crippen molar-refractivity contribution in [2.45, 2.75) is 84.0 Å². The lowest BCUT2D eigenvalue weighted by molar-refractivity contribution is -0.277. The number of rotatable bonds is 12. The van der Waals surface area contributed by atoms with Crippen molar-refractivity contribution in [1.82, 2.24) is 5.32 Å². The smallest absolute Gasteiger partial charge is 0.303 e. The summed E-state index contributed by atoms with van der Waals surface area (Å²) < 4.78 is 27.5. The number of esters is 3. The van der Waals surface area contributed by atoms with E-state index in [4.69, 9.17) is 35.3 Å². The molecule has 178 valence electrons. The summed E-state index contributed by atoms with van der Waals surface area (Å²) >= 11 is 5.67. The fraction of sp³-hybridized carbons (Fsp3) is 0.800. The third kappa shape index (κ3) is 10.3. The Morgan fingerprint density at radius 2 is 1.48 bits per heavy atom. The summed E-state index contributed by atoms with van der Waals surface area (Å²) in [6.45, 7) is 4.95. The number of carbonyl (C=O) groups excluding carboxylic acids is 4. The number of unbranched alkanes of at least 4 members (excludes halogenated alkanes) is 3. The number of halogens is 1. The van der Waals surface area contributed by atoms with Crippen molar-refractivity contribution in [3.8, 4) is 0 Å². The van der Waals surface area contributed by atoms with Crippen LogP contribution >= 0.6 is 11.6 Å². The van der Waals surface area contributed by atoms with E-state index in [0.29, 0.717) is 12.5 Å². The van der Waals surface area contributed by atoms with E-state index in [9.17, 15) is 19.2 Å². The van der Waals surface area contributed by atoms with Crippen LogP contribution in [-0.2, 0) is 42.9 Å². The highest BCUT2D eigenvalue weighted by atomic mass is 35.5. The summed E-state index contributed by atoms with van der Waals surface area (Å²) in [5.74, 6) is -1.68. The molecule has 0 saturated carbocycles. The first kappa shape index (κ1) is 27.1. The van der Waals surface area contributed by atoms with Gasteiger partial charge in [-0.25, -0.2) is 0 Å². The molecule has 1 rings (SSSR count). The minimum atomic E-state index is -1.12. The summed E-state index contributed by atoms with van der Waals surface area (Å²) in [6, 6.07) is -0.942. The number of hydrogen-bond acceptors (Lipinski definition) is 9. The molecule has 1 aliphatic rings. The Balaban J connectivity index is 3.07. The van der Waals surface area contributed by atoms with E-state index in [2.05, 4.69) is 5.32 Å². The molecule has 10 nitrogen and oxygen atoms in total. The van der Waals surface area contributed by atoms with Crippen molar-refractivity contribution >= 4 is 35.4 Å². The zero-order valence-electron chi connectivity index (χ0n) is 18.4. The Morgan fingerprint density at radius 3 is 2.03 bits per heavy atom. The van der Waals surface area contributed by atoms with E-state index < -0.39 is 54.5 Å². The van der Waals surface area contributed by atoms with Gasteiger partial charge >= 0.3 is 17.9 Å². The highest BCUT2D eigenvalue weighted by Crippen LogP contribution is 2.28. The molecule has 0 aliphatic carbocycles. The summed E-state index contributed by atoms with van der Waals surface area (Å²) in [4.78, 5) is 46.5. The molecule has 1 saturated heterocycles. The van der Waals surface area contributed by atoms with Gasteiger partial charge < -0.3 is 29.0 Å². The lowest BCUT2D eigenvalue weighted by Gasteiger charge is -2.44. The number of hydrogen-bond donors (Lipinski definition) is 1. The van der Waals surface area contributed by atoms with Crippen LogP contribution in [0.1, 0.15) is 53.4 Å². The number of carbonyl (C=O) groups is 4. The molecule has 0 aromatic heterocycles. The normalized spacial score (nSPS) is 25.4. The summed E-state index contributed by atoms with van der Waals surface area (Å²) in [5.41, 5.74) is 0. The third-order valence-corrected chi connectivity index (χ3v) is 4.65. The maximum atomic E-state index is 11.8. The predicted octanol–water partition coefficient (Wildman–Crippen LogP) is 1.46. The zero-order chi connectivity index (χ0) is 23.4. The van der Waals surface area contributed by atoms with Gasteiger partial charge in [0.25, 0.3) is 0 Å². The van der Waals surface area contributed by atoms with E-state index in [1.54, 1.807) is 0 Å². The second-order valence-electron chi connectivity index (χ2n) is 7.19. The number of amides is 1. The van der Waals surface area contributed by atoms with Gasteiger partial charge in [0.2, 0.25) is 5.91 Å². The van der Waals surface area contributed by atoms with Gasteiger partial charge in [-0.15, -0.1) is 11.6 Å². The van der Waals surface area contributed by atoms with Crippen LogP contribution in [0.3, 0.4) is 0 Å². The number of alkyl halides is 1. The van der Waals surface area contributed by atoms with Crippen LogP contribution in [-0.4, -0.2) is 73.6 Å². The minimum Gasteiger partial charge on any atom is -0.463 e. The molecular weight excluding hydrogens is 434 g/mol. The number of nitrogens with one attached hydrogen (secondary N) is 1. The Morgan fingerprint density at radius 1 is 0.871 bits per heavy atom. The first-order chi connectivity index (χ1) is 14.6. The van der Waals surface area contributed by atoms with Gasteiger partial charge in [-0.05, 0) is 12.8 Å².